The van der Waals surface area contributed by atoms with E-state index in [1.165, 1.54) is 0 Å². The zero-order chi connectivity index (χ0) is 12.8. The Kier molecular flexibility index (Phi) is 5.22. The van der Waals surface area contributed by atoms with Crippen molar-refractivity contribution in [3.05, 3.63) is 23.7 Å². The number of carbonyl (C=O) groups is 1. The van der Waals surface area contributed by atoms with Gasteiger partial charge in [0.1, 0.15) is 11.5 Å². The maximum absolute atomic E-state index is 12.0. The van der Waals surface area contributed by atoms with E-state index in [2.05, 4.69) is 24.5 Å². The van der Waals surface area contributed by atoms with Gasteiger partial charge in [-0.15, -0.1) is 0 Å². The molecule has 0 aliphatic heterocycles. The molecule has 0 fully saturated rings. The summed E-state index contributed by atoms with van der Waals surface area (Å²) in [5, 5.41) is 5.95. The SMILES string of the molecule is CNCC(C(=O)NCc1ccc(C)o1)C(C)C. The number of aryl methyl sites for hydroxylation is 1. The molecule has 1 atom stereocenters. The van der Waals surface area contributed by atoms with Crippen molar-refractivity contribution in [1.82, 2.24) is 10.6 Å². The lowest BCUT2D eigenvalue weighted by molar-refractivity contribution is -0.126. The van der Waals surface area contributed by atoms with Gasteiger partial charge in [-0.2, -0.15) is 0 Å². The van der Waals surface area contributed by atoms with E-state index in [0.29, 0.717) is 19.0 Å². The largest absolute Gasteiger partial charge is 0.465 e. The molecule has 0 saturated carbocycles. The highest BCUT2D eigenvalue weighted by Crippen LogP contribution is 2.11. The zero-order valence-corrected chi connectivity index (χ0v) is 11.0. The third-order valence-electron chi connectivity index (χ3n) is 2.80. The highest BCUT2D eigenvalue weighted by atomic mass is 16.3. The van der Waals surface area contributed by atoms with Crippen molar-refractivity contribution in [1.29, 1.82) is 0 Å². The minimum absolute atomic E-state index is 0.00365. The second kappa shape index (κ2) is 6.45. The van der Waals surface area contributed by atoms with E-state index in [9.17, 15) is 4.79 Å². The molecule has 0 aromatic carbocycles. The molecule has 4 heteroatoms. The number of hydrogen-bond acceptors (Lipinski definition) is 3. The molecule has 0 radical (unpaired) electrons. The molecule has 2 N–H and O–H groups in total. The average molecular weight is 238 g/mol. The standard InChI is InChI=1S/C13H22N2O2/c1-9(2)12(8-14-4)13(16)15-7-11-6-5-10(3)17-11/h5-6,9,12,14H,7-8H2,1-4H3,(H,15,16). The second-order valence-electron chi connectivity index (χ2n) is 4.64. The summed E-state index contributed by atoms with van der Waals surface area (Å²) in [5.41, 5.74) is 0. The van der Waals surface area contributed by atoms with Gasteiger partial charge in [-0.3, -0.25) is 4.79 Å². The normalized spacial score (nSPS) is 12.8. The molecule has 4 nitrogen and oxygen atoms in total. The van der Waals surface area contributed by atoms with Crippen LogP contribution in [0.4, 0.5) is 0 Å². The van der Waals surface area contributed by atoms with Crippen molar-refractivity contribution in [2.45, 2.75) is 27.3 Å². The summed E-state index contributed by atoms with van der Waals surface area (Å²) in [5.74, 6) is 2.05. The zero-order valence-electron chi connectivity index (χ0n) is 11.0. The van der Waals surface area contributed by atoms with Gasteiger partial charge in [0.05, 0.1) is 12.5 Å². The second-order valence-corrected chi connectivity index (χ2v) is 4.64. The molecule has 1 amide bonds. The number of nitrogens with one attached hydrogen (secondary N) is 2. The molecule has 1 rings (SSSR count). The van der Waals surface area contributed by atoms with Crippen LogP contribution in [0.15, 0.2) is 16.5 Å². The van der Waals surface area contributed by atoms with Crippen molar-refractivity contribution in [3.63, 3.8) is 0 Å². The lowest BCUT2D eigenvalue weighted by atomic mass is 9.95. The van der Waals surface area contributed by atoms with Crippen LogP contribution in [0.1, 0.15) is 25.4 Å². The van der Waals surface area contributed by atoms with E-state index in [1.54, 1.807) is 0 Å². The number of rotatable bonds is 6. The minimum Gasteiger partial charge on any atom is -0.465 e. The van der Waals surface area contributed by atoms with Gasteiger partial charge in [-0.05, 0) is 32.0 Å². The lowest BCUT2D eigenvalue weighted by Crippen LogP contribution is -2.38. The van der Waals surface area contributed by atoms with Crippen LogP contribution in [-0.4, -0.2) is 19.5 Å². The summed E-state index contributed by atoms with van der Waals surface area (Å²) >= 11 is 0. The first-order chi connectivity index (χ1) is 8.04. The summed E-state index contributed by atoms with van der Waals surface area (Å²) in [4.78, 5) is 12.0. The van der Waals surface area contributed by atoms with E-state index in [4.69, 9.17) is 4.42 Å². The number of furan rings is 1. The average Bonchev–Trinajstić information content (AvgIpc) is 2.68. The Bertz CT molecular complexity index is 358. The molecule has 17 heavy (non-hydrogen) atoms. The van der Waals surface area contributed by atoms with Gasteiger partial charge in [0.25, 0.3) is 0 Å². The third-order valence-corrected chi connectivity index (χ3v) is 2.80. The molecule has 0 saturated heterocycles. The summed E-state index contributed by atoms with van der Waals surface area (Å²) in [6.45, 7) is 7.15. The lowest BCUT2D eigenvalue weighted by Gasteiger charge is -2.19. The Hall–Kier alpha value is -1.29. The predicted octanol–water partition coefficient (Wildman–Crippen LogP) is 1.70. The highest BCUT2D eigenvalue weighted by Gasteiger charge is 2.21. The molecule has 1 heterocycles. The van der Waals surface area contributed by atoms with Crippen molar-refractivity contribution in [3.8, 4) is 0 Å². The monoisotopic (exact) mass is 238 g/mol. The number of carbonyl (C=O) groups excluding carboxylic acids is 1. The Morgan fingerprint density at radius 1 is 1.41 bits per heavy atom. The molecule has 0 aliphatic rings. The van der Waals surface area contributed by atoms with Crippen LogP contribution < -0.4 is 10.6 Å². The van der Waals surface area contributed by atoms with Crippen LogP contribution >= 0.6 is 0 Å². The van der Waals surface area contributed by atoms with Gasteiger partial charge in [0.15, 0.2) is 0 Å². The van der Waals surface area contributed by atoms with Crippen LogP contribution in [0, 0.1) is 18.8 Å². The molecular weight excluding hydrogens is 216 g/mol. The fourth-order valence-electron chi connectivity index (χ4n) is 1.74. The van der Waals surface area contributed by atoms with E-state index in [-0.39, 0.29) is 11.8 Å². The van der Waals surface area contributed by atoms with Gasteiger partial charge < -0.3 is 15.1 Å². The van der Waals surface area contributed by atoms with Gasteiger partial charge in [0.2, 0.25) is 5.91 Å². The van der Waals surface area contributed by atoms with Crippen LogP contribution in [0.3, 0.4) is 0 Å². The summed E-state index contributed by atoms with van der Waals surface area (Å²) in [6.07, 6.45) is 0. The Balaban J connectivity index is 2.47. The first kappa shape index (κ1) is 13.8. The number of hydrogen-bond donors (Lipinski definition) is 2. The van der Waals surface area contributed by atoms with Gasteiger partial charge in [-0.1, -0.05) is 13.8 Å². The predicted molar refractivity (Wildman–Crippen MR) is 67.5 cm³/mol. The van der Waals surface area contributed by atoms with E-state index < -0.39 is 0 Å². The van der Waals surface area contributed by atoms with Crippen molar-refractivity contribution in [2.75, 3.05) is 13.6 Å². The highest BCUT2D eigenvalue weighted by molar-refractivity contribution is 5.79. The van der Waals surface area contributed by atoms with Crippen LogP contribution in [0.25, 0.3) is 0 Å². The summed E-state index contributed by atoms with van der Waals surface area (Å²) < 4.78 is 5.40. The van der Waals surface area contributed by atoms with Crippen LogP contribution in [0.5, 0.6) is 0 Å². The van der Waals surface area contributed by atoms with Crippen molar-refractivity contribution >= 4 is 5.91 Å². The Morgan fingerprint density at radius 2 is 2.12 bits per heavy atom. The van der Waals surface area contributed by atoms with Crippen LogP contribution in [-0.2, 0) is 11.3 Å². The Labute approximate surface area is 103 Å². The first-order valence-electron chi connectivity index (χ1n) is 6.02. The molecule has 1 aromatic rings. The fraction of sp³-hybridized carbons (Fsp3) is 0.615. The van der Waals surface area contributed by atoms with E-state index in [1.807, 2.05) is 26.1 Å². The fourth-order valence-corrected chi connectivity index (χ4v) is 1.74. The molecule has 1 aromatic heterocycles. The topological polar surface area (TPSA) is 54.3 Å². The van der Waals surface area contributed by atoms with Gasteiger partial charge in [-0.25, -0.2) is 0 Å². The Morgan fingerprint density at radius 3 is 2.59 bits per heavy atom. The third kappa shape index (κ3) is 4.23. The first-order valence-corrected chi connectivity index (χ1v) is 6.02. The molecular formula is C13H22N2O2. The van der Waals surface area contributed by atoms with Crippen molar-refractivity contribution < 1.29 is 9.21 Å². The van der Waals surface area contributed by atoms with E-state index >= 15 is 0 Å². The summed E-state index contributed by atoms with van der Waals surface area (Å²) in [6, 6.07) is 3.78. The number of amides is 1. The van der Waals surface area contributed by atoms with E-state index in [0.717, 1.165) is 11.5 Å². The molecule has 0 spiro atoms. The van der Waals surface area contributed by atoms with Crippen molar-refractivity contribution in [2.24, 2.45) is 11.8 Å². The quantitative estimate of drug-likeness (QED) is 0.793. The molecule has 0 bridgehead atoms. The maximum Gasteiger partial charge on any atom is 0.225 e. The summed E-state index contributed by atoms with van der Waals surface area (Å²) in [7, 11) is 1.86. The van der Waals surface area contributed by atoms with Crippen LogP contribution in [0.2, 0.25) is 0 Å². The van der Waals surface area contributed by atoms with Gasteiger partial charge >= 0.3 is 0 Å². The molecule has 96 valence electrons. The van der Waals surface area contributed by atoms with Gasteiger partial charge in [0, 0.05) is 6.54 Å². The smallest absolute Gasteiger partial charge is 0.225 e. The molecule has 1 unspecified atom stereocenters. The minimum atomic E-state index is -0.00365. The maximum atomic E-state index is 12.0. The molecule has 0 aliphatic carbocycles.